The number of hydrogen-bond acceptors (Lipinski definition) is 4. The third kappa shape index (κ3) is 4.36. The fourth-order valence-electron chi connectivity index (χ4n) is 0.925. The van der Waals surface area contributed by atoms with Crippen molar-refractivity contribution in [3.63, 3.8) is 0 Å². The van der Waals surface area contributed by atoms with E-state index in [1.165, 1.54) is 11.3 Å². The first-order valence-corrected chi connectivity index (χ1v) is 6.79. The molecule has 0 aliphatic carbocycles. The van der Waals surface area contributed by atoms with Gasteiger partial charge in [-0.2, -0.15) is 0 Å². The van der Waals surface area contributed by atoms with Crippen LogP contribution in [0.25, 0.3) is 0 Å². The van der Waals surface area contributed by atoms with Crippen molar-refractivity contribution >= 4 is 44.9 Å². The van der Waals surface area contributed by atoms with Gasteiger partial charge in [-0.15, -0.1) is 11.3 Å². The van der Waals surface area contributed by atoms with Crippen molar-refractivity contribution in [2.45, 2.75) is 17.7 Å². The molecule has 3 nitrogen and oxygen atoms in total. The van der Waals surface area contributed by atoms with Crippen LogP contribution in [0.2, 0.25) is 0 Å². The molecule has 0 aliphatic rings. The number of nitrogens with two attached hydrogens (primary N) is 1. The molecule has 1 aromatic rings. The zero-order valence-corrected chi connectivity index (χ0v) is 11.5. The Hall–Kier alpha value is -0.330. The van der Waals surface area contributed by atoms with E-state index >= 15 is 0 Å². The van der Waals surface area contributed by atoms with Gasteiger partial charge in [-0.05, 0) is 11.4 Å². The van der Waals surface area contributed by atoms with Gasteiger partial charge in [0.25, 0.3) is 0 Å². The van der Waals surface area contributed by atoms with Gasteiger partial charge in [0.1, 0.15) is 0 Å². The highest BCUT2D eigenvalue weighted by molar-refractivity contribution is 9.11. The van der Waals surface area contributed by atoms with Gasteiger partial charge in [0.2, 0.25) is 5.91 Å². The molecule has 1 heterocycles. The minimum atomic E-state index is -0.316. The molecule has 0 radical (unpaired) electrons. The maximum absolute atomic E-state index is 10.8. The van der Waals surface area contributed by atoms with Crippen LogP contribution in [0.1, 0.15) is 10.6 Å². The summed E-state index contributed by atoms with van der Waals surface area (Å²) in [7, 11) is 0. The van der Waals surface area contributed by atoms with Crippen molar-refractivity contribution in [1.82, 2.24) is 4.98 Å². The van der Waals surface area contributed by atoms with Crippen molar-refractivity contribution in [2.24, 2.45) is 5.73 Å². The molecule has 0 aliphatic heterocycles. The second-order valence-electron chi connectivity index (χ2n) is 2.94. The molecule has 82 valence electrons. The molecule has 0 aromatic carbocycles. The van der Waals surface area contributed by atoms with E-state index in [9.17, 15) is 4.79 Å². The highest BCUT2D eigenvalue weighted by atomic mass is 79.9. The Balaban J connectivity index is 2.68. The number of nitrogens with zero attached hydrogens (tertiary/aromatic N) is 1. The largest absolute Gasteiger partial charge is 0.369 e. The molecule has 15 heavy (non-hydrogen) atoms. The molecule has 6 heteroatoms. The van der Waals surface area contributed by atoms with Crippen LogP contribution < -0.4 is 5.73 Å². The summed E-state index contributed by atoms with van der Waals surface area (Å²) in [6, 6.07) is 0. The molecule has 0 fully saturated rings. The molecule has 1 amide bonds. The maximum Gasteiger partial charge on any atom is 0.222 e. The Labute approximate surface area is 105 Å². The highest BCUT2D eigenvalue weighted by Crippen LogP contribution is 2.29. The van der Waals surface area contributed by atoms with Gasteiger partial charge < -0.3 is 5.73 Å². The number of aryl methyl sites for hydroxylation is 1. The number of aromatic nitrogens is 1. The zero-order chi connectivity index (χ0) is 11.4. The van der Waals surface area contributed by atoms with E-state index in [0.717, 1.165) is 25.1 Å². The Kier molecular flexibility index (Phi) is 4.82. The second kappa shape index (κ2) is 5.67. The number of primary amides is 1. The second-order valence-corrected chi connectivity index (χ2v) is 6.36. The molecular formula is C9H11BrN2OS2. The molecule has 0 saturated carbocycles. The van der Waals surface area contributed by atoms with Gasteiger partial charge in [0, 0.05) is 10.6 Å². The number of carbonyl (C=O) groups excluding carboxylic acids is 1. The van der Waals surface area contributed by atoms with Crippen molar-refractivity contribution in [3.8, 4) is 0 Å². The molecular weight excluding hydrogens is 296 g/mol. The predicted octanol–water partition coefficient (Wildman–Crippen LogP) is 2.48. The summed E-state index contributed by atoms with van der Waals surface area (Å²) < 4.78 is 1.88. The fourth-order valence-corrected chi connectivity index (χ4v) is 3.27. The lowest BCUT2D eigenvalue weighted by atomic mass is 10.3. The third-order valence-corrected chi connectivity index (χ3v) is 4.60. The van der Waals surface area contributed by atoms with Gasteiger partial charge in [-0.25, -0.2) is 4.98 Å². The lowest BCUT2D eigenvalue weighted by molar-refractivity contribution is -0.117. The molecule has 0 bridgehead atoms. The molecule has 1 aromatic heterocycles. The lowest BCUT2D eigenvalue weighted by Gasteiger charge is -1.92. The standard InChI is InChI=1S/C9H11BrN2OS2/c1-5(10)4-14-9-12-6(2)7(15-9)3-8(11)13/h1,3-4H2,2H3,(H2,11,13). The monoisotopic (exact) mass is 306 g/mol. The van der Waals surface area contributed by atoms with Crippen LogP contribution in [0.3, 0.4) is 0 Å². The lowest BCUT2D eigenvalue weighted by Crippen LogP contribution is -2.13. The molecule has 0 atom stereocenters. The predicted molar refractivity (Wildman–Crippen MR) is 68.5 cm³/mol. The zero-order valence-electron chi connectivity index (χ0n) is 8.25. The van der Waals surface area contributed by atoms with Crippen molar-refractivity contribution in [1.29, 1.82) is 0 Å². The third-order valence-electron chi connectivity index (χ3n) is 1.56. The number of amides is 1. The maximum atomic E-state index is 10.8. The number of thioether (sulfide) groups is 1. The van der Waals surface area contributed by atoms with Crippen molar-refractivity contribution < 1.29 is 4.79 Å². The smallest absolute Gasteiger partial charge is 0.222 e. The van der Waals surface area contributed by atoms with E-state index in [2.05, 4.69) is 27.5 Å². The summed E-state index contributed by atoms with van der Waals surface area (Å²) in [4.78, 5) is 16.1. The number of rotatable bonds is 5. The van der Waals surface area contributed by atoms with E-state index < -0.39 is 0 Å². The van der Waals surface area contributed by atoms with Crippen molar-refractivity contribution in [3.05, 3.63) is 21.6 Å². The summed E-state index contributed by atoms with van der Waals surface area (Å²) in [6.45, 7) is 5.64. The van der Waals surface area contributed by atoms with Crippen molar-refractivity contribution in [2.75, 3.05) is 5.75 Å². The minimum Gasteiger partial charge on any atom is -0.369 e. The fraction of sp³-hybridized carbons (Fsp3) is 0.333. The highest BCUT2D eigenvalue weighted by Gasteiger charge is 2.10. The van der Waals surface area contributed by atoms with E-state index in [0.29, 0.717) is 0 Å². The molecule has 1 rings (SSSR count). The van der Waals surface area contributed by atoms with Crippen LogP contribution in [-0.2, 0) is 11.2 Å². The molecule has 0 spiro atoms. The van der Waals surface area contributed by atoms with E-state index in [4.69, 9.17) is 5.73 Å². The Morgan fingerprint density at radius 1 is 1.73 bits per heavy atom. The van der Waals surface area contributed by atoms with Crippen LogP contribution in [0.15, 0.2) is 15.4 Å². The Bertz CT molecular complexity index is 389. The summed E-state index contributed by atoms with van der Waals surface area (Å²) >= 11 is 6.40. The van der Waals surface area contributed by atoms with Crippen LogP contribution in [0.5, 0.6) is 0 Å². The summed E-state index contributed by atoms with van der Waals surface area (Å²) in [5, 5.41) is 0. The first kappa shape index (κ1) is 12.7. The molecule has 2 N–H and O–H groups in total. The van der Waals surface area contributed by atoms with Crippen LogP contribution >= 0.6 is 39.0 Å². The number of halogens is 1. The van der Waals surface area contributed by atoms with Crippen LogP contribution in [0, 0.1) is 6.92 Å². The first-order valence-electron chi connectivity index (χ1n) is 4.19. The summed E-state index contributed by atoms with van der Waals surface area (Å²) in [5.41, 5.74) is 6.03. The molecule has 0 saturated heterocycles. The van der Waals surface area contributed by atoms with E-state index in [-0.39, 0.29) is 12.3 Å². The minimum absolute atomic E-state index is 0.277. The summed E-state index contributed by atoms with van der Waals surface area (Å²) in [5.74, 6) is 0.464. The quantitative estimate of drug-likeness (QED) is 0.850. The van der Waals surface area contributed by atoms with E-state index in [1.807, 2.05) is 6.92 Å². The number of thiazole rings is 1. The van der Waals surface area contributed by atoms with Crippen LogP contribution in [-0.4, -0.2) is 16.6 Å². The first-order chi connectivity index (χ1) is 6.99. The average molecular weight is 307 g/mol. The number of hydrogen-bond donors (Lipinski definition) is 1. The molecule has 0 unspecified atom stereocenters. The van der Waals surface area contributed by atoms with E-state index in [1.54, 1.807) is 11.8 Å². The van der Waals surface area contributed by atoms with Gasteiger partial charge in [0.05, 0.1) is 12.1 Å². The Morgan fingerprint density at radius 3 is 2.93 bits per heavy atom. The average Bonchev–Trinajstić information content (AvgIpc) is 2.43. The Morgan fingerprint density at radius 2 is 2.40 bits per heavy atom. The van der Waals surface area contributed by atoms with Gasteiger partial charge in [0.15, 0.2) is 4.34 Å². The SMILES string of the molecule is C=C(Br)CSc1nc(C)c(CC(N)=O)s1. The topological polar surface area (TPSA) is 56.0 Å². The van der Waals surface area contributed by atoms with Gasteiger partial charge in [-0.1, -0.05) is 34.3 Å². The summed E-state index contributed by atoms with van der Waals surface area (Å²) in [6.07, 6.45) is 0.277. The van der Waals surface area contributed by atoms with Gasteiger partial charge in [-0.3, -0.25) is 4.79 Å². The normalized spacial score (nSPS) is 10.3. The van der Waals surface area contributed by atoms with Crippen LogP contribution in [0.4, 0.5) is 0 Å². The van der Waals surface area contributed by atoms with Gasteiger partial charge >= 0.3 is 0 Å². The number of carbonyl (C=O) groups is 1.